The third-order valence-corrected chi connectivity index (χ3v) is 2.66. The predicted octanol–water partition coefficient (Wildman–Crippen LogP) is 0.664. The molecule has 0 aliphatic heterocycles. The first-order valence-electron chi connectivity index (χ1n) is 6.01. The fraction of sp³-hybridized carbons (Fsp3) is 0.385. The molecule has 0 saturated heterocycles. The minimum absolute atomic E-state index is 0.390. The van der Waals surface area contributed by atoms with Gasteiger partial charge in [-0.15, -0.1) is 0 Å². The summed E-state index contributed by atoms with van der Waals surface area (Å²) in [4.78, 5) is 24.1. The summed E-state index contributed by atoms with van der Waals surface area (Å²) in [7, 11) is 0. The highest BCUT2D eigenvalue weighted by molar-refractivity contribution is 5.82. The fourth-order valence-corrected chi connectivity index (χ4v) is 1.56. The molecular formula is C13H18N2O4. The average molecular weight is 266 g/mol. The van der Waals surface area contributed by atoms with Crippen molar-refractivity contribution in [3.8, 4) is 0 Å². The minimum atomic E-state index is -1.28. The number of rotatable bonds is 6. The summed E-state index contributed by atoms with van der Waals surface area (Å²) in [6.45, 7) is 2.00. The second-order valence-corrected chi connectivity index (χ2v) is 4.02. The van der Waals surface area contributed by atoms with Gasteiger partial charge < -0.3 is 20.4 Å². The molecule has 0 aliphatic carbocycles. The number of nitrogens with zero attached hydrogens (tertiary/aromatic N) is 1. The van der Waals surface area contributed by atoms with Crippen molar-refractivity contribution in [2.75, 3.05) is 13.2 Å². The van der Waals surface area contributed by atoms with Crippen LogP contribution in [-0.2, 0) is 11.3 Å². The number of hydrogen-bond donors (Lipinski definition) is 3. The fourth-order valence-electron chi connectivity index (χ4n) is 1.56. The van der Waals surface area contributed by atoms with E-state index in [2.05, 4.69) is 5.32 Å². The second kappa shape index (κ2) is 7.38. The zero-order valence-electron chi connectivity index (χ0n) is 10.7. The van der Waals surface area contributed by atoms with Gasteiger partial charge in [0.1, 0.15) is 0 Å². The normalized spacial score (nSPS) is 11.7. The Balaban J connectivity index is 2.64. The Morgan fingerprint density at radius 1 is 1.32 bits per heavy atom. The Labute approximate surface area is 111 Å². The van der Waals surface area contributed by atoms with Gasteiger partial charge in [0, 0.05) is 13.1 Å². The molecule has 19 heavy (non-hydrogen) atoms. The second-order valence-electron chi connectivity index (χ2n) is 4.02. The molecule has 1 aromatic carbocycles. The molecule has 0 aromatic heterocycles. The summed E-state index contributed by atoms with van der Waals surface area (Å²) in [6, 6.07) is 7.61. The van der Waals surface area contributed by atoms with Crippen LogP contribution in [0.4, 0.5) is 4.79 Å². The van der Waals surface area contributed by atoms with E-state index in [-0.39, 0.29) is 0 Å². The molecule has 0 spiro atoms. The summed E-state index contributed by atoms with van der Waals surface area (Å²) in [5.74, 6) is -1.26. The van der Waals surface area contributed by atoms with E-state index in [1.54, 1.807) is 6.92 Å². The van der Waals surface area contributed by atoms with Crippen LogP contribution in [0.2, 0.25) is 0 Å². The van der Waals surface area contributed by atoms with Crippen LogP contribution < -0.4 is 5.32 Å². The van der Waals surface area contributed by atoms with Crippen molar-refractivity contribution in [2.24, 2.45) is 0 Å². The Morgan fingerprint density at radius 2 is 1.95 bits per heavy atom. The van der Waals surface area contributed by atoms with E-state index in [1.165, 1.54) is 4.90 Å². The summed E-state index contributed by atoms with van der Waals surface area (Å²) >= 11 is 0. The van der Waals surface area contributed by atoms with Crippen LogP contribution in [0.1, 0.15) is 12.5 Å². The van der Waals surface area contributed by atoms with E-state index in [1.807, 2.05) is 30.3 Å². The van der Waals surface area contributed by atoms with Crippen LogP contribution in [0, 0.1) is 0 Å². The molecule has 1 rings (SSSR count). The number of carbonyl (C=O) groups is 2. The van der Waals surface area contributed by atoms with Crippen LogP contribution >= 0.6 is 0 Å². The average Bonchev–Trinajstić information content (AvgIpc) is 2.42. The van der Waals surface area contributed by atoms with Crippen LogP contribution in [-0.4, -0.2) is 46.3 Å². The molecule has 1 atom stereocenters. The molecule has 1 aromatic rings. The van der Waals surface area contributed by atoms with Crippen LogP contribution in [0.3, 0.4) is 0 Å². The van der Waals surface area contributed by atoms with Gasteiger partial charge in [-0.3, -0.25) is 0 Å². The zero-order chi connectivity index (χ0) is 14.3. The molecular weight excluding hydrogens is 248 g/mol. The van der Waals surface area contributed by atoms with Crippen LogP contribution in [0.15, 0.2) is 30.3 Å². The van der Waals surface area contributed by atoms with Gasteiger partial charge in [-0.1, -0.05) is 30.3 Å². The van der Waals surface area contributed by atoms with Gasteiger partial charge in [-0.05, 0) is 12.5 Å². The summed E-state index contributed by atoms with van der Waals surface area (Å²) < 4.78 is 0. The van der Waals surface area contributed by atoms with Gasteiger partial charge in [0.15, 0.2) is 6.04 Å². The lowest BCUT2D eigenvalue weighted by molar-refractivity contribution is -0.140. The van der Waals surface area contributed by atoms with Crippen molar-refractivity contribution in [3.63, 3.8) is 0 Å². The SMILES string of the molecule is CCN(Cc1ccccc1)C(=O)NC(CO)C(=O)O. The first-order valence-corrected chi connectivity index (χ1v) is 6.01. The lowest BCUT2D eigenvalue weighted by Gasteiger charge is -2.23. The molecule has 0 saturated carbocycles. The van der Waals surface area contributed by atoms with Crippen molar-refractivity contribution < 1.29 is 19.8 Å². The minimum Gasteiger partial charge on any atom is -0.480 e. The van der Waals surface area contributed by atoms with E-state index in [0.717, 1.165) is 5.56 Å². The molecule has 0 bridgehead atoms. The Morgan fingerprint density at radius 3 is 2.42 bits per heavy atom. The number of benzene rings is 1. The number of amides is 2. The van der Waals surface area contributed by atoms with E-state index in [9.17, 15) is 9.59 Å². The molecule has 2 amide bonds. The third-order valence-electron chi connectivity index (χ3n) is 2.66. The van der Waals surface area contributed by atoms with Gasteiger partial charge in [0.2, 0.25) is 0 Å². The molecule has 0 radical (unpaired) electrons. The molecule has 104 valence electrons. The number of hydrogen-bond acceptors (Lipinski definition) is 3. The molecule has 0 fully saturated rings. The quantitative estimate of drug-likeness (QED) is 0.705. The van der Waals surface area contributed by atoms with E-state index >= 15 is 0 Å². The van der Waals surface area contributed by atoms with Crippen LogP contribution in [0.25, 0.3) is 0 Å². The largest absolute Gasteiger partial charge is 0.480 e. The third kappa shape index (κ3) is 4.59. The summed E-state index contributed by atoms with van der Waals surface area (Å²) in [6.07, 6.45) is 0. The van der Waals surface area contributed by atoms with Gasteiger partial charge in [0.25, 0.3) is 0 Å². The standard InChI is InChI=1S/C13H18N2O4/c1-2-15(8-10-6-4-3-5-7-10)13(19)14-11(9-16)12(17)18/h3-7,11,16H,2,8-9H2,1H3,(H,14,19)(H,17,18). The predicted molar refractivity (Wildman–Crippen MR) is 69.6 cm³/mol. The topological polar surface area (TPSA) is 89.9 Å². The maximum Gasteiger partial charge on any atom is 0.328 e. The van der Waals surface area contributed by atoms with Crippen molar-refractivity contribution in [3.05, 3.63) is 35.9 Å². The number of nitrogens with one attached hydrogen (secondary N) is 1. The molecule has 6 nitrogen and oxygen atoms in total. The Kier molecular flexibility index (Phi) is 5.81. The monoisotopic (exact) mass is 266 g/mol. The Hall–Kier alpha value is -2.08. The van der Waals surface area contributed by atoms with Gasteiger partial charge >= 0.3 is 12.0 Å². The van der Waals surface area contributed by atoms with Gasteiger partial charge in [0.05, 0.1) is 6.61 Å². The summed E-state index contributed by atoms with van der Waals surface area (Å²) in [5, 5.41) is 19.9. The molecule has 0 heterocycles. The number of carboxylic acid groups (broad SMARTS) is 1. The highest BCUT2D eigenvalue weighted by Gasteiger charge is 2.21. The molecule has 3 N–H and O–H groups in total. The highest BCUT2D eigenvalue weighted by atomic mass is 16.4. The number of urea groups is 1. The number of carbonyl (C=O) groups excluding carboxylic acids is 1. The lowest BCUT2D eigenvalue weighted by Crippen LogP contribution is -2.49. The van der Waals surface area contributed by atoms with Gasteiger partial charge in [-0.2, -0.15) is 0 Å². The first-order chi connectivity index (χ1) is 9.08. The van der Waals surface area contributed by atoms with Crippen molar-refractivity contribution in [1.82, 2.24) is 10.2 Å². The van der Waals surface area contributed by atoms with Crippen LogP contribution in [0.5, 0.6) is 0 Å². The molecule has 6 heteroatoms. The van der Waals surface area contributed by atoms with Crippen molar-refractivity contribution in [2.45, 2.75) is 19.5 Å². The van der Waals surface area contributed by atoms with Gasteiger partial charge in [-0.25, -0.2) is 9.59 Å². The number of carboxylic acids is 1. The number of aliphatic carboxylic acids is 1. The highest BCUT2D eigenvalue weighted by Crippen LogP contribution is 2.04. The van der Waals surface area contributed by atoms with Crippen molar-refractivity contribution >= 4 is 12.0 Å². The first kappa shape index (κ1) is 15.0. The van der Waals surface area contributed by atoms with E-state index in [0.29, 0.717) is 13.1 Å². The Bertz CT molecular complexity index is 422. The van der Waals surface area contributed by atoms with Crippen molar-refractivity contribution in [1.29, 1.82) is 0 Å². The number of aliphatic hydroxyl groups is 1. The molecule has 1 unspecified atom stereocenters. The maximum atomic E-state index is 11.9. The lowest BCUT2D eigenvalue weighted by atomic mass is 10.2. The van der Waals surface area contributed by atoms with E-state index in [4.69, 9.17) is 10.2 Å². The number of aliphatic hydroxyl groups excluding tert-OH is 1. The summed E-state index contributed by atoms with van der Waals surface area (Å²) in [5.41, 5.74) is 0.954. The van der Waals surface area contributed by atoms with E-state index < -0.39 is 24.6 Å². The molecule has 0 aliphatic rings. The zero-order valence-corrected chi connectivity index (χ0v) is 10.7. The smallest absolute Gasteiger partial charge is 0.328 e. The maximum absolute atomic E-state index is 11.9.